The first kappa shape index (κ1) is 21.2. The van der Waals surface area contributed by atoms with Crippen LogP contribution in [0.15, 0.2) is 48.9 Å². The molecule has 2 aromatic carbocycles. The Bertz CT molecular complexity index is 1270. The molecule has 0 saturated carbocycles. The van der Waals surface area contributed by atoms with E-state index in [1.54, 1.807) is 26.6 Å². The maximum Gasteiger partial charge on any atom is 0.129 e. The van der Waals surface area contributed by atoms with Crippen LogP contribution in [0.2, 0.25) is 0 Å². The molecule has 0 unspecified atom stereocenters. The van der Waals surface area contributed by atoms with Gasteiger partial charge >= 0.3 is 0 Å². The van der Waals surface area contributed by atoms with Gasteiger partial charge < -0.3 is 14.4 Å². The summed E-state index contributed by atoms with van der Waals surface area (Å²) in [7, 11) is 3.40. The highest BCUT2D eigenvalue weighted by Gasteiger charge is 2.26. The number of benzene rings is 2. The number of hydrogen-bond donors (Lipinski definition) is 1. The summed E-state index contributed by atoms with van der Waals surface area (Å²) in [6.45, 7) is 7.04. The Hall–Kier alpha value is -3.65. The standard InChI is InChI=1S/C25H28N6O2/c1-16(2)30-7-8-31(24-10-19(32-3)11-25(33-4)20(24)15-30)18-5-6-21-22(9-18)29-23(14-26-21)17-12-27-28-13-17/h5-6,9-14,16H,7-8,15H2,1-4H3,(H,27,28). The molecule has 0 amide bonds. The Labute approximate surface area is 193 Å². The number of nitrogens with one attached hydrogen (secondary N) is 1. The van der Waals surface area contributed by atoms with Gasteiger partial charge in [-0.15, -0.1) is 0 Å². The fourth-order valence-electron chi connectivity index (χ4n) is 4.34. The van der Waals surface area contributed by atoms with E-state index in [4.69, 9.17) is 14.5 Å². The van der Waals surface area contributed by atoms with Crippen LogP contribution < -0.4 is 14.4 Å². The number of H-pyrrole nitrogens is 1. The van der Waals surface area contributed by atoms with Gasteiger partial charge in [0, 0.05) is 60.8 Å². The van der Waals surface area contributed by atoms with E-state index in [2.05, 4.69) is 57.0 Å². The zero-order valence-electron chi connectivity index (χ0n) is 19.4. The smallest absolute Gasteiger partial charge is 0.129 e. The monoisotopic (exact) mass is 444 g/mol. The normalized spacial score (nSPS) is 14.4. The quantitative estimate of drug-likeness (QED) is 0.489. The van der Waals surface area contributed by atoms with Crippen LogP contribution >= 0.6 is 0 Å². The molecule has 170 valence electrons. The molecular formula is C25H28N6O2. The van der Waals surface area contributed by atoms with Crippen molar-refractivity contribution in [1.82, 2.24) is 25.1 Å². The second-order valence-electron chi connectivity index (χ2n) is 8.46. The highest BCUT2D eigenvalue weighted by molar-refractivity contribution is 5.83. The lowest BCUT2D eigenvalue weighted by molar-refractivity contribution is 0.221. The SMILES string of the molecule is COc1cc(OC)c2c(c1)N(c1ccc3ncc(-c4cn[nH]c4)nc3c1)CCN(C(C)C)C2. The predicted octanol–water partition coefficient (Wildman–Crippen LogP) is 4.40. The topological polar surface area (TPSA) is 79.4 Å². The number of anilines is 2. The fourth-order valence-corrected chi connectivity index (χ4v) is 4.34. The van der Waals surface area contributed by atoms with Crippen LogP contribution in [-0.2, 0) is 6.54 Å². The van der Waals surface area contributed by atoms with E-state index in [0.717, 1.165) is 70.4 Å². The van der Waals surface area contributed by atoms with Gasteiger partial charge in [-0.3, -0.25) is 15.0 Å². The fraction of sp³-hybridized carbons (Fsp3) is 0.320. The number of aromatic amines is 1. The molecule has 0 fully saturated rings. The van der Waals surface area contributed by atoms with Gasteiger partial charge in [-0.2, -0.15) is 5.10 Å². The minimum atomic E-state index is 0.421. The zero-order chi connectivity index (χ0) is 22.9. The first-order valence-corrected chi connectivity index (χ1v) is 11.1. The number of aromatic nitrogens is 4. The predicted molar refractivity (Wildman–Crippen MR) is 129 cm³/mol. The molecule has 1 aliphatic heterocycles. The third kappa shape index (κ3) is 3.98. The minimum absolute atomic E-state index is 0.421. The van der Waals surface area contributed by atoms with Crippen molar-refractivity contribution >= 4 is 22.4 Å². The Kier molecular flexibility index (Phi) is 5.60. The van der Waals surface area contributed by atoms with Gasteiger partial charge in [0.15, 0.2) is 0 Å². The van der Waals surface area contributed by atoms with Gasteiger partial charge in [0.25, 0.3) is 0 Å². The highest BCUT2D eigenvalue weighted by atomic mass is 16.5. The van der Waals surface area contributed by atoms with Crippen LogP contribution in [0.4, 0.5) is 11.4 Å². The molecule has 5 rings (SSSR count). The van der Waals surface area contributed by atoms with Crippen molar-refractivity contribution < 1.29 is 9.47 Å². The summed E-state index contributed by atoms with van der Waals surface area (Å²) in [5, 5.41) is 6.87. The van der Waals surface area contributed by atoms with E-state index < -0.39 is 0 Å². The summed E-state index contributed by atoms with van der Waals surface area (Å²) < 4.78 is 11.4. The largest absolute Gasteiger partial charge is 0.497 e. The number of nitrogens with zero attached hydrogens (tertiary/aromatic N) is 5. The van der Waals surface area contributed by atoms with Crippen LogP contribution in [0, 0.1) is 0 Å². The van der Waals surface area contributed by atoms with Crippen molar-refractivity contribution in [2.75, 3.05) is 32.2 Å². The molecule has 8 heteroatoms. The van der Waals surface area contributed by atoms with Crippen LogP contribution in [0.5, 0.6) is 11.5 Å². The van der Waals surface area contributed by atoms with Crippen LogP contribution in [0.25, 0.3) is 22.3 Å². The number of methoxy groups -OCH3 is 2. The summed E-state index contributed by atoms with van der Waals surface area (Å²) >= 11 is 0. The van der Waals surface area contributed by atoms with E-state index in [-0.39, 0.29) is 0 Å². The molecule has 8 nitrogen and oxygen atoms in total. The third-order valence-corrected chi connectivity index (χ3v) is 6.24. The maximum atomic E-state index is 5.79. The molecule has 0 radical (unpaired) electrons. The van der Waals surface area contributed by atoms with E-state index in [1.807, 2.05) is 18.3 Å². The van der Waals surface area contributed by atoms with Gasteiger partial charge in [-0.05, 0) is 32.0 Å². The average Bonchev–Trinajstić information content (AvgIpc) is 3.30. The van der Waals surface area contributed by atoms with Crippen LogP contribution in [0.3, 0.4) is 0 Å². The number of rotatable bonds is 5. The van der Waals surface area contributed by atoms with Gasteiger partial charge in [0.2, 0.25) is 0 Å². The average molecular weight is 445 g/mol. The van der Waals surface area contributed by atoms with Gasteiger partial charge in [0.05, 0.1) is 49.0 Å². The summed E-state index contributed by atoms with van der Waals surface area (Å²) in [6.07, 6.45) is 5.36. The molecule has 1 N–H and O–H groups in total. The number of fused-ring (bicyclic) bond motifs is 2. The molecule has 0 aliphatic carbocycles. The number of hydrogen-bond acceptors (Lipinski definition) is 7. The van der Waals surface area contributed by atoms with Crippen molar-refractivity contribution in [2.45, 2.75) is 26.4 Å². The Morgan fingerprint density at radius 1 is 1.00 bits per heavy atom. The molecule has 3 heterocycles. The molecular weight excluding hydrogens is 416 g/mol. The number of ether oxygens (including phenoxy) is 2. The van der Waals surface area contributed by atoms with E-state index in [1.165, 1.54) is 0 Å². The van der Waals surface area contributed by atoms with E-state index in [0.29, 0.717) is 6.04 Å². The van der Waals surface area contributed by atoms with Crippen LogP contribution in [-0.4, -0.2) is 58.4 Å². The minimum Gasteiger partial charge on any atom is -0.497 e. The molecule has 33 heavy (non-hydrogen) atoms. The molecule has 0 atom stereocenters. The summed E-state index contributed by atoms with van der Waals surface area (Å²) in [5.74, 6) is 1.61. The van der Waals surface area contributed by atoms with Crippen molar-refractivity contribution in [3.8, 4) is 22.8 Å². The Balaban J connectivity index is 1.63. The van der Waals surface area contributed by atoms with E-state index in [9.17, 15) is 0 Å². The third-order valence-electron chi connectivity index (χ3n) is 6.24. The van der Waals surface area contributed by atoms with Crippen molar-refractivity contribution in [3.63, 3.8) is 0 Å². The Morgan fingerprint density at radius 3 is 2.61 bits per heavy atom. The molecule has 4 aromatic rings. The lowest BCUT2D eigenvalue weighted by Crippen LogP contribution is -2.34. The Morgan fingerprint density at radius 2 is 1.88 bits per heavy atom. The summed E-state index contributed by atoms with van der Waals surface area (Å²) in [6, 6.07) is 10.7. The van der Waals surface area contributed by atoms with Crippen LogP contribution in [0.1, 0.15) is 19.4 Å². The summed E-state index contributed by atoms with van der Waals surface area (Å²) in [5.41, 5.74) is 6.70. The second kappa shape index (κ2) is 8.71. The molecule has 1 aliphatic rings. The van der Waals surface area contributed by atoms with Crippen molar-refractivity contribution in [1.29, 1.82) is 0 Å². The first-order chi connectivity index (χ1) is 16.1. The second-order valence-corrected chi connectivity index (χ2v) is 8.46. The van der Waals surface area contributed by atoms with Gasteiger partial charge in [-0.1, -0.05) is 0 Å². The molecule has 0 saturated heterocycles. The lowest BCUT2D eigenvalue weighted by atomic mass is 10.1. The summed E-state index contributed by atoms with van der Waals surface area (Å²) in [4.78, 5) is 14.3. The highest BCUT2D eigenvalue weighted by Crippen LogP contribution is 2.41. The van der Waals surface area contributed by atoms with Crippen molar-refractivity contribution in [3.05, 3.63) is 54.5 Å². The van der Waals surface area contributed by atoms with E-state index >= 15 is 0 Å². The maximum absolute atomic E-state index is 5.79. The molecule has 0 spiro atoms. The molecule has 0 bridgehead atoms. The first-order valence-electron chi connectivity index (χ1n) is 11.1. The van der Waals surface area contributed by atoms with Gasteiger partial charge in [0.1, 0.15) is 11.5 Å². The lowest BCUT2D eigenvalue weighted by Gasteiger charge is -2.26. The van der Waals surface area contributed by atoms with Gasteiger partial charge in [-0.25, -0.2) is 4.98 Å². The molecule has 2 aromatic heterocycles. The van der Waals surface area contributed by atoms with Crippen molar-refractivity contribution in [2.24, 2.45) is 0 Å². The zero-order valence-corrected chi connectivity index (χ0v) is 19.4.